The van der Waals surface area contributed by atoms with E-state index in [0.29, 0.717) is 29.3 Å². The molecule has 1 N–H and O–H groups in total. The zero-order valence-electron chi connectivity index (χ0n) is 18.3. The fourth-order valence-electron chi connectivity index (χ4n) is 3.84. The summed E-state index contributed by atoms with van der Waals surface area (Å²) in [5, 5.41) is 17.8. The van der Waals surface area contributed by atoms with Crippen molar-refractivity contribution < 1.29 is 9.47 Å². The number of hydrogen-bond acceptors (Lipinski definition) is 7. The van der Waals surface area contributed by atoms with Crippen LogP contribution in [0.3, 0.4) is 0 Å². The monoisotopic (exact) mass is 425 g/mol. The maximum atomic E-state index is 9.13. The predicted octanol–water partition coefficient (Wildman–Crippen LogP) is 5.39. The van der Waals surface area contributed by atoms with Crippen molar-refractivity contribution in [3.05, 3.63) is 70.8 Å². The maximum Gasteiger partial charge on any atom is 0.230 e. The number of nitrogens with one attached hydrogen (secondary N) is 1. The third-order valence-corrected chi connectivity index (χ3v) is 5.42. The van der Waals surface area contributed by atoms with E-state index in [0.717, 1.165) is 46.6 Å². The predicted molar refractivity (Wildman–Crippen MR) is 123 cm³/mol. The molecule has 0 aromatic carbocycles. The molecule has 7 nitrogen and oxygen atoms in total. The van der Waals surface area contributed by atoms with E-state index >= 15 is 0 Å². The Balaban J connectivity index is 1.78. The van der Waals surface area contributed by atoms with Crippen molar-refractivity contribution in [3.63, 3.8) is 0 Å². The van der Waals surface area contributed by atoms with E-state index in [-0.39, 0.29) is 5.88 Å². The zero-order valence-corrected chi connectivity index (χ0v) is 18.3. The molecule has 2 aromatic rings. The fourth-order valence-corrected chi connectivity index (χ4v) is 3.84. The molecule has 0 saturated carbocycles. The minimum absolute atomic E-state index is 0.280. The number of rotatable bonds is 5. The van der Waals surface area contributed by atoms with Crippen LogP contribution in [0, 0.1) is 16.7 Å². The standard InChI is InChI=1S/C25H23N5O2/c1-4-20-15(2)23-21(24(20)27)11-22(31-19-9-16(12-26)13-29-14-19)30-25(23)32-18-8-6-5-7-17(10-18)28-3/h5,7,9-11,13-14,27H,4,6,8H2,1-3H3. The molecule has 0 spiro atoms. The topological polar surface area (TPSA) is 104 Å². The highest BCUT2D eigenvalue weighted by Gasteiger charge is 2.29. The van der Waals surface area contributed by atoms with Gasteiger partial charge in [0.25, 0.3) is 0 Å². The number of nitriles is 1. The first-order valence-corrected chi connectivity index (χ1v) is 10.4. The SMILES string of the molecule is CCC1=C(C)c2c(cc(Oc3cncc(C#N)c3)nc2OC2=CC(=NC)C=CCC2)C1=N. The highest BCUT2D eigenvalue weighted by atomic mass is 16.5. The molecule has 2 aliphatic rings. The van der Waals surface area contributed by atoms with Gasteiger partial charge in [-0.15, -0.1) is 0 Å². The van der Waals surface area contributed by atoms with Crippen molar-refractivity contribution in [1.82, 2.24) is 9.97 Å². The summed E-state index contributed by atoms with van der Waals surface area (Å²) in [4.78, 5) is 12.9. The molecule has 2 aliphatic carbocycles. The van der Waals surface area contributed by atoms with Crippen LogP contribution >= 0.6 is 0 Å². The maximum absolute atomic E-state index is 9.13. The van der Waals surface area contributed by atoms with E-state index in [4.69, 9.17) is 20.1 Å². The van der Waals surface area contributed by atoms with Crippen molar-refractivity contribution >= 4 is 17.0 Å². The van der Waals surface area contributed by atoms with Gasteiger partial charge in [0.15, 0.2) is 0 Å². The summed E-state index contributed by atoms with van der Waals surface area (Å²) >= 11 is 0. The molecule has 7 heteroatoms. The molecule has 0 bridgehead atoms. The second kappa shape index (κ2) is 8.98. The van der Waals surface area contributed by atoms with E-state index in [1.165, 1.54) is 12.4 Å². The lowest BCUT2D eigenvalue weighted by atomic mass is 10.1. The average Bonchev–Trinajstić information content (AvgIpc) is 2.94. The van der Waals surface area contributed by atoms with Crippen LogP contribution in [0.4, 0.5) is 0 Å². The van der Waals surface area contributed by atoms with Gasteiger partial charge in [0, 0.05) is 43.4 Å². The van der Waals surface area contributed by atoms with Gasteiger partial charge in [0.05, 0.1) is 28.7 Å². The van der Waals surface area contributed by atoms with Gasteiger partial charge < -0.3 is 9.47 Å². The third-order valence-electron chi connectivity index (χ3n) is 5.42. The summed E-state index contributed by atoms with van der Waals surface area (Å²) in [5.41, 5.74) is 5.16. The summed E-state index contributed by atoms with van der Waals surface area (Å²) < 4.78 is 12.2. The van der Waals surface area contributed by atoms with Crippen LogP contribution in [0.25, 0.3) is 5.57 Å². The largest absolute Gasteiger partial charge is 0.443 e. The summed E-state index contributed by atoms with van der Waals surface area (Å²) in [6, 6.07) is 5.39. The van der Waals surface area contributed by atoms with Crippen LogP contribution in [0.15, 0.2) is 59.1 Å². The molecule has 4 rings (SSSR count). The molecule has 0 fully saturated rings. The first-order chi connectivity index (χ1) is 15.5. The highest BCUT2D eigenvalue weighted by molar-refractivity contribution is 6.22. The van der Waals surface area contributed by atoms with Crippen LogP contribution in [0.2, 0.25) is 0 Å². The molecule has 0 aliphatic heterocycles. The molecule has 2 heterocycles. The van der Waals surface area contributed by atoms with E-state index in [1.807, 2.05) is 32.1 Å². The number of aromatic nitrogens is 2. The number of fused-ring (bicyclic) bond motifs is 1. The molecule has 0 amide bonds. The van der Waals surface area contributed by atoms with Crippen molar-refractivity contribution in [2.75, 3.05) is 7.05 Å². The Morgan fingerprint density at radius 2 is 2.09 bits per heavy atom. The van der Waals surface area contributed by atoms with E-state index in [1.54, 1.807) is 19.2 Å². The number of pyridine rings is 2. The number of aliphatic imine (C=N–C) groups is 1. The Morgan fingerprint density at radius 1 is 1.25 bits per heavy atom. The Hall–Kier alpha value is -4.05. The molecule has 32 heavy (non-hydrogen) atoms. The fraction of sp³-hybridized carbons (Fsp3) is 0.240. The first kappa shape index (κ1) is 21.2. The lowest BCUT2D eigenvalue weighted by Crippen LogP contribution is -2.05. The molecule has 2 aromatic heterocycles. The van der Waals surface area contributed by atoms with Crippen LogP contribution in [-0.2, 0) is 0 Å². The van der Waals surface area contributed by atoms with Crippen LogP contribution in [-0.4, -0.2) is 28.4 Å². The van der Waals surface area contributed by atoms with E-state index in [9.17, 15) is 0 Å². The van der Waals surface area contributed by atoms with Gasteiger partial charge in [-0.05, 0) is 37.0 Å². The van der Waals surface area contributed by atoms with Crippen molar-refractivity contribution in [1.29, 1.82) is 10.7 Å². The smallest absolute Gasteiger partial charge is 0.230 e. The van der Waals surface area contributed by atoms with Gasteiger partial charge in [0.1, 0.15) is 17.6 Å². The Bertz CT molecular complexity index is 1260. The zero-order chi connectivity index (χ0) is 22.7. The van der Waals surface area contributed by atoms with Crippen LogP contribution < -0.4 is 9.47 Å². The minimum Gasteiger partial charge on any atom is -0.443 e. The molecule has 160 valence electrons. The quantitative estimate of drug-likeness (QED) is 0.692. The second-order valence-electron chi connectivity index (χ2n) is 7.45. The van der Waals surface area contributed by atoms with Gasteiger partial charge in [0.2, 0.25) is 11.8 Å². The van der Waals surface area contributed by atoms with Gasteiger partial charge in [-0.1, -0.05) is 13.0 Å². The number of nitrogens with zero attached hydrogens (tertiary/aromatic N) is 4. The van der Waals surface area contributed by atoms with Gasteiger partial charge in [-0.2, -0.15) is 10.2 Å². The van der Waals surface area contributed by atoms with Gasteiger partial charge >= 0.3 is 0 Å². The minimum atomic E-state index is 0.280. The summed E-state index contributed by atoms with van der Waals surface area (Å²) in [6.07, 6.45) is 11.2. The number of ether oxygens (including phenoxy) is 2. The normalized spacial score (nSPS) is 16.5. The highest BCUT2D eigenvalue weighted by Crippen LogP contribution is 2.42. The van der Waals surface area contributed by atoms with Crippen molar-refractivity contribution in [2.45, 2.75) is 33.1 Å². The lowest BCUT2D eigenvalue weighted by molar-refractivity contribution is 0.377. The molecular weight excluding hydrogens is 402 g/mol. The Labute approximate surface area is 187 Å². The number of hydrogen-bond donors (Lipinski definition) is 1. The summed E-state index contributed by atoms with van der Waals surface area (Å²) in [5.74, 6) is 1.82. The molecule has 0 unspecified atom stereocenters. The summed E-state index contributed by atoms with van der Waals surface area (Å²) in [7, 11) is 1.74. The van der Waals surface area contributed by atoms with E-state index < -0.39 is 0 Å². The Morgan fingerprint density at radius 3 is 2.84 bits per heavy atom. The molecular formula is C25H23N5O2. The third kappa shape index (κ3) is 4.08. The molecule has 0 radical (unpaired) electrons. The van der Waals surface area contributed by atoms with Crippen LogP contribution in [0.1, 0.15) is 49.8 Å². The summed E-state index contributed by atoms with van der Waals surface area (Å²) in [6.45, 7) is 4.03. The van der Waals surface area contributed by atoms with Gasteiger partial charge in [-0.25, -0.2) is 0 Å². The number of allylic oxidation sites excluding steroid dienone is 6. The Kier molecular flexibility index (Phi) is 5.95. The molecule has 0 atom stereocenters. The lowest BCUT2D eigenvalue weighted by Gasteiger charge is -2.15. The van der Waals surface area contributed by atoms with Crippen molar-refractivity contribution in [2.24, 2.45) is 4.99 Å². The van der Waals surface area contributed by atoms with Crippen molar-refractivity contribution in [3.8, 4) is 23.6 Å². The van der Waals surface area contributed by atoms with Gasteiger partial charge in [-0.3, -0.25) is 15.4 Å². The average molecular weight is 425 g/mol. The van der Waals surface area contributed by atoms with E-state index in [2.05, 4.69) is 21.0 Å². The molecule has 0 saturated heterocycles. The first-order valence-electron chi connectivity index (χ1n) is 10.4. The second-order valence-corrected chi connectivity index (χ2v) is 7.45. The van der Waals surface area contributed by atoms with Crippen LogP contribution in [0.5, 0.6) is 17.5 Å².